The number of anilines is 1. The Hall–Kier alpha value is -2.20. The van der Waals surface area contributed by atoms with Crippen molar-refractivity contribution in [3.05, 3.63) is 41.4 Å². The molecular formula is C16H14ClN3O. The molecule has 1 heterocycles. The van der Waals surface area contributed by atoms with E-state index in [2.05, 4.69) is 4.57 Å². The number of benzene rings is 2. The summed E-state index contributed by atoms with van der Waals surface area (Å²) in [6, 6.07) is 11.5. The first-order valence-corrected chi connectivity index (χ1v) is 7.27. The van der Waals surface area contributed by atoms with E-state index in [1.807, 2.05) is 24.3 Å². The molecule has 0 radical (unpaired) electrons. The minimum absolute atomic E-state index is 0.0934. The number of phenolic OH excluding ortho intramolecular Hbond substituents is 1. The SMILES string of the molecule is Nc1cc(-c2nc3cc(Cl)ccc3n2C2CC2)ccc1O. The Kier molecular flexibility index (Phi) is 2.62. The van der Waals surface area contributed by atoms with Crippen LogP contribution in [0.3, 0.4) is 0 Å². The third kappa shape index (κ3) is 2.03. The van der Waals surface area contributed by atoms with E-state index >= 15 is 0 Å². The second kappa shape index (κ2) is 4.40. The lowest BCUT2D eigenvalue weighted by atomic mass is 10.1. The van der Waals surface area contributed by atoms with E-state index in [0.717, 1.165) is 35.3 Å². The molecule has 21 heavy (non-hydrogen) atoms. The van der Waals surface area contributed by atoms with Gasteiger partial charge in [-0.15, -0.1) is 0 Å². The molecular weight excluding hydrogens is 286 g/mol. The largest absolute Gasteiger partial charge is 0.506 e. The highest BCUT2D eigenvalue weighted by atomic mass is 35.5. The van der Waals surface area contributed by atoms with Crippen molar-refractivity contribution in [1.82, 2.24) is 9.55 Å². The maximum atomic E-state index is 9.59. The van der Waals surface area contributed by atoms with Gasteiger partial charge in [-0.2, -0.15) is 0 Å². The number of aromatic nitrogens is 2. The Morgan fingerprint density at radius 1 is 1.19 bits per heavy atom. The molecule has 2 aromatic carbocycles. The van der Waals surface area contributed by atoms with Crippen molar-refractivity contribution in [2.45, 2.75) is 18.9 Å². The first-order chi connectivity index (χ1) is 10.1. The van der Waals surface area contributed by atoms with Crippen molar-refractivity contribution in [3.63, 3.8) is 0 Å². The van der Waals surface area contributed by atoms with Gasteiger partial charge in [0.2, 0.25) is 0 Å². The molecule has 0 amide bonds. The van der Waals surface area contributed by atoms with Crippen LogP contribution < -0.4 is 5.73 Å². The number of fused-ring (bicyclic) bond motifs is 1. The van der Waals surface area contributed by atoms with Gasteiger partial charge in [0.05, 0.1) is 16.7 Å². The number of nitrogen functional groups attached to an aromatic ring is 1. The molecule has 1 aliphatic rings. The van der Waals surface area contributed by atoms with Gasteiger partial charge < -0.3 is 15.4 Å². The van der Waals surface area contributed by atoms with Crippen LogP contribution in [0, 0.1) is 0 Å². The van der Waals surface area contributed by atoms with E-state index in [4.69, 9.17) is 22.3 Å². The van der Waals surface area contributed by atoms with E-state index in [1.54, 1.807) is 12.1 Å². The highest BCUT2D eigenvalue weighted by Gasteiger charge is 2.28. The van der Waals surface area contributed by atoms with Gasteiger partial charge >= 0.3 is 0 Å². The van der Waals surface area contributed by atoms with Gasteiger partial charge in [0.25, 0.3) is 0 Å². The molecule has 3 N–H and O–H groups in total. The van der Waals surface area contributed by atoms with Gasteiger partial charge in [-0.05, 0) is 49.2 Å². The Morgan fingerprint density at radius 2 is 2.00 bits per heavy atom. The molecule has 0 unspecified atom stereocenters. The fourth-order valence-electron chi connectivity index (χ4n) is 2.67. The summed E-state index contributed by atoms with van der Waals surface area (Å²) in [5.74, 6) is 0.970. The topological polar surface area (TPSA) is 64.1 Å². The molecule has 5 heteroatoms. The highest BCUT2D eigenvalue weighted by molar-refractivity contribution is 6.31. The smallest absolute Gasteiger partial charge is 0.141 e. The van der Waals surface area contributed by atoms with Gasteiger partial charge in [0, 0.05) is 16.6 Å². The van der Waals surface area contributed by atoms with Gasteiger partial charge in [-0.1, -0.05) is 11.6 Å². The van der Waals surface area contributed by atoms with Crippen LogP contribution in [-0.4, -0.2) is 14.7 Å². The monoisotopic (exact) mass is 299 g/mol. The van der Waals surface area contributed by atoms with Gasteiger partial charge in [-0.3, -0.25) is 0 Å². The number of rotatable bonds is 2. The maximum Gasteiger partial charge on any atom is 0.141 e. The molecule has 4 nitrogen and oxygen atoms in total. The molecule has 106 valence electrons. The molecule has 1 aliphatic carbocycles. The number of aromatic hydroxyl groups is 1. The number of imidazole rings is 1. The lowest BCUT2D eigenvalue weighted by Crippen LogP contribution is -1.98. The number of halogens is 1. The Morgan fingerprint density at radius 3 is 2.71 bits per heavy atom. The molecule has 4 rings (SSSR count). The number of nitrogens with zero attached hydrogens (tertiary/aromatic N) is 2. The molecule has 1 saturated carbocycles. The molecule has 0 saturated heterocycles. The third-order valence-electron chi connectivity index (χ3n) is 3.85. The van der Waals surface area contributed by atoms with Crippen molar-refractivity contribution in [2.24, 2.45) is 0 Å². The van der Waals surface area contributed by atoms with Gasteiger partial charge in [0.1, 0.15) is 11.6 Å². The summed E-state index contributed by atoms with van der Waals surface area (Å²) < 4.78 is 2.25. The van der Waals surface area contributed by atoms with E-state index in [9.17, 15) is 5.11 Å². The van der Waals surface area contributed by atoms with Crippen molar-refractivity contribution in [3.8, 4) is 17.1 Å². The lowest BCUT2D eigenvalue weighted by molar-refractivity contribution is 0.478. The normalized spacial score (nSPS) is 14.7. The van der Waals surface area contributed by atoms with Crippen LogP contribution in [0.1, 0.15) is 18.9 Å². The lowest BCUT2D eigenvalue weighted by Gasteiger charge is -2.08. The average Bonchev–Trinajstić information content (AvgIpc) is 3.22. The number of hydrogen-bond acceptors (Lipinski definition) is 3. The fourth-order valence-corrected chi connectivity index (χ4v) is 2.84. The van der Waals surface area contributed by atoms with Crippen LogP contribution in [0.15, 0.2) is 36.4 Å². The number of nitrogens with two attached hydrogens (primary N) is 1. The van der Waals surface area contributed by atoms with E-state index in [-0.39, 0.29) is 5.75 Å². The summed E-state index contributed by atoms with van der Waals surface area (Å²) in [4.78, 5) is 4.72. The summed E-state index contributed by atoms with van der Waals surface area (Å²) in [5, 5.41) is 10.3. The first kappa shape index (κ1) is 12.5. The Balaban J connectivity index is 1.98. The van der Waals surface area contributed by atoms with Gasteiger partial charge in [-0.25, -0.2) is 4.98 Å². The quantitative estimate of drug-likeness (QED) is 0.556. The predicted octanol–water partition coefficient (Wildman–Crippen LogP) is 3.98. The zero-order valence-electron chi connectivity index (χ0n) is 11.3. The molecule has 0 atom stereocenters. The summed E-state index contributed by atoms with van der Waals surface area (Å²) in [7, 11) is 0. The van der Waals surface area contributed by atoms with Crippen LogP contribution >= 0.6 is 11.6 Å². The minimum Gasteiger partial charge on any atom is -0.506 e. The van der Waals surface area contributed by atoms with Crippen LogP contribution in [0.25, 0.3) is 22.4 Å². The van der Waals surface area contributed by atoms with Crippen LogP contribution in [-0.2, 0) is 0 Å². The second-order valence-electron chi connectivity index (χ2n) is 5.44. The van der Waals surface area contributed by atoms with Crippen molar-refractivity contribution in [2.75, 3.05) is 5.73 Å². The van der Waals surface area contributed by atoms with Crippen LogP contribution in [0.2, 0.25) is 5.02 Å². The average molecular weight is 300 g/mol. The summed E-state index contributed by atoms with van der Waals surface area (Å²) >= 11 is 6.07. The molecule has 0 spiro atoms. The van der Waals surface area contributed by atoms with Gasteiger partial charge in [0.15, 0.2) is 0 Å². The van der Waals surface area contributed by atoms with Crippen molar-refractivity contribution >= 4 is 28.3 Å². The highest BCUT2D eigenvalue weighted by Crippen LogP contribution is 2.42. The van der Waals surface area contributed by atoms with E-state index in [0.29, 0.717) is 16.8 Å². The van der Waals surface area contributed by atoms with Crippen molar-refractivity contribution < 1.29 is 5.11 Å². The summed E-state index contributed by atoms with van der Waals surface area (Å²) in [5.41, 5.74) is 9.05. The molecule has 0 bridgehead atoms. The van der Waals surface area contributed by atoms with E-state index in [1.165, 1.54) is 0 Å². The van der Waals surface area contributed by atoms with Crippen LogP contribution in [0.5, 0.6) is 5.75 Å². The Labute approximate surface area is 126 Å². The fraction of sp³-hybridized carbons (Fsp3) is 0.188. The zero-order valence-corrected chi connectivity index (χ0v) is 12.0. The van der Waals surface area contributed by atoms with Crippen molar-refractivity contribution in [1.29, 1.82) is 0 Å². The van der Waals surface area contributed by atoms with E-state index < -0.39 is 0 Å². The first-order valence-electron chi connectivity index (χ1n) is 6.90. The number of hydrogen-bond donors (Lipinski definition) is 2. The molecule has 0 aliphatic heterocycles. The standard InChI is InChI=1S/C16H14ClN3O/c17-10-2-5-14-13(8-10)19-16(20(14)11-3-4-11)9-1-6-15(21)12(18)7-9/h1-2,5-8,11,21H,3-4,18H2. The predicted molar refractivity (Wildman–Crippen MR) is 84.5 cm³/mol. The molecule has 1 fully saturated rings. The number of phenols is 1. The Bertz CT molecular complexity index is 852. The minimum atomic E-state index is 0.0934. The molecule has 3 aromatic rings. The summed E-state index contributed by atoms with van der Waals surface area (Å²) in [6.07, 6.45) is 2.32. The summed E-state index contributed by atoms with van der Waals surface area (Å²) in [6.45, 7) is 0. The van der Waals surface area contributed by atoms with Crippen LogP contribution in [0.4, 0.5) is 5.69 Å². The second-order valence-corrected chi connectivity index (χ2v) is 5.88. The zero-order chi connectivity index (χ0) is 14.6. The third-order valence-corrected chi connectivity index (χ3v) is 4.08. The molecule has 1 aromatic heterocycles. The maximum absolute atomic E-state index is 9.59.